The lowest BCUT2D eigenvalue weighted by molar-refractivity contribution is -0.140. The van der Waals surface area contributed by atoms with Crippen LogP contribution in [0.2, 0.25) is 0 Å². The van der Waals surface area contributed by atoms with E-state index in [1.807, 2.05) is 0 Å². The van der Waals surface area contributed by atoms with E-state index in [2.05, 4.69) is 5.32 Å². The number of alkyl halides is 6. The molecule has 0 saturated heterocycles. The van der Waals surface area contributed by atoms with Crippen molar-refractivity contribution >= 4 is 27.3 Å². The Bertz CT molecular complexity index is 1000. The van der Waals surface area contributed by atoms with Gasteiger partial charge in [-0.2, -0.15) is 26.3 Å². The fourth-order valence-electron chi connectivity index (χ4n) is 2.28. The summed E-state index contributed by atoms with van der Waals surface area (Å²) in [6.07, 6.45) is -10.1. The Kier molecular flexibility index (Phi) is 5.64. The minimum absolute atomic E-state index is 0.265. The van der Waals surface area contributed by atoms with Gasteiger partial charge in [-0.25, -0.2) is 8.42 Å². The van der Waals surface area contributed by atoms with Crippen LogP contribution in [0.4, 0.5) is 37.7 Å². The zero-order valence-electron chi connectivity index (χ0n) is 13.9. The average Bonchev–Trinajstić information content (AvgIpc) is 2.54. The molecule has 12 heteroatoms. The van der Waals surface area contributed by atoms with Crippen LogP contribution in [0.1, 0.15) is 18.1 Å². The predicted octanol–water partition coefficient (Wildman–Crippen LogP) is 4.48. The minimum atomic E-state index is -5.05. The van der Waals surface area contributed by atoms with Gasteiger partial charge < -0.3 is 5.32 Å². The quantitative estimate of drug-likeness (QED) is 0.708. The Morgan fingerprint density at radius 3 is 2.00 bits per heavy atom. The number of hydrogen-bond acceptors (Lipinski definition) is 3. The average molecular weight is 426 g/mol. The normalized spacial score (nSPS) is 12.5. The van der Waals surface area contributed by atoms with Crippen LogP contribution >= 0.6 is 0 Å². The van der Waals surface area contributed by atoms with Crippen LogP contribution in [0.15, 0.2) is 47.4 Å². The highest BCUT2D eigenvalue weighted by Gasteiger charge is 2.39. The van der Waals surface area contributed by atoms with Gasteiger partial charge in [-0.15, -0.1) is 0 Å². The van der Waals surface area contributed by atoms with Gasteiger partial charge in [-0.05, 0) is 30.3 Å². The lowest BCUT2D eigenvalue weighted by Gasteiger charge is -2.18. The summed E-state index contributed by atoms with van der Waals surface area (Å²) in [5.74, 6) is -0.666. The van der Waals surface area contributed by atoms with Crippen LogP contribution in [0.3, 0.4) is 0 Å². The van der Waals surface area contributed by atoms with Gasteiger partial charge in [0.1, 0.15) is 0 Å². The molecule has 2 rings (SSSR count). The second-order valence-electron chi connectivity index (χ2n) is 5.54. The molecule has 0 fully saturated rings. The first-order valence-corrected chi connectivity index (χ1v) is 8.88. The van der Waals surface area contributed by atoms with Gasteiger partial charge in [0.25, 0.3) is 10.0 Å². The van der Waals surface area contributed by atoms with Crippen molar-refractivity contribution in [3.8, 4) is 0 Å². The summed E-state index contributed by atoms with van der Waals surface area (Å²) < 4.78 is 105. The zero-order chi connectivity index (χ0) is 21.3. The van der Waals surface area contributed by atoms with Crippen molar-refractivity contribution in [1.29, 1.82) is 0 Å². The number of carbonyl (C=O) groups is 1. The van der Waals surface area contributed by atoms with Gasteiger partial charge in [-0.1, -0.05) is 12.1 Å². The highest BCUT2D eigenvalue weighted by Crippen LogP contribution is 2.39. The number of carbonyl (C=O) groups excluding carboxylic acids is 1. The summed E-state index contributed by atoms with van der Waals surface area (Å²) in [4.78, 5) is 9.77. The van der Waals surface area contributed by atoms with Crippen LogP contribution in [0, 0.1) is 0 Å². The topological polar surface area (TPSA) is 75.3 Å². The third kappa shape index (κ3) is 4.94. The van der Waals surface area contributed by atoms with Crippen molar-refractivity contribution in [2.24, 2.45) is 0 Å². The third-order valence-electron chi connectivity index (χ3n) is 3.37. The summed E-state index contributed by atoms with van der Waals surface area (Å²) in [6.45, 7) is 1.05. The third-order valence-corrected chi connectivity index (χ3v) is 4.80. The van der Waals surface area contributed by atoms with E-state index in [1.165, 1.54) is 0 Å². The Morgan fingerprint density at radius 2 is 1.46 bits per heavy atom. The number of sulfonamides is 1. The maximum atomic E-state index is 13.3. The second kappa shape index (κ2) is 7.34. The molecule has 2 aromatic rings. The Morgan fingerprint density at radius 1 is 0.893 bits per heavy atom. The highest BCUT2D eigenvalue weighted by molar-refractivity contribution is 7.92. The summed E-state index contributed by atoms with van der Waals surface area (Å²) >= 11 is 0. The molecule has 0 aromatic heterocycles. The van der Waals surface area contributed by atoms with Crippen molar-refractivity contribution in [2.75, 3.05) is 10.0 Å². The number of hydrogen-bond donors (Lipinski definition) is 2. The standard InChI is InChI=1S/C16H12F6N2O3S/c1-9(25)23-10-6-7-13(12(8-10)16(20,21)22)24-28(26,27)14-5-3-2-4-11(14)15(17,18)19/h2-8,24H,1H3,(H,23,25). The molecular formula is C16H12F6N2O3S. The van der Waals surface area contributed by atoms with Crippen LogP contribution in [-0.2, 0) is 27.2 Å². The molecule has 0 aliphatic carbocycles. The first-order chi connectivity index (χ1) is 12.7. The number of nitrogens with one attached hydrogen (secondary N) is 2. The first kappa shape index (κ1) is 21.5. The van der Waals surface area contributed by atoms with E-state index >= 15 is 0 Å². The van der Waals surface area contributed by atoms with Crippen LogP contribution in [0.25, 0.3) is 0 Å². The molecular weight excluding hydrogens is 414 g/mol. The van der Waals surface area contributed by atoms with Gasteiger partial charge in [0.05, 0.1) is 21.7 Å². The smallest absolute Gasteiger partial charge is 0.326 e. The molecule has 0 saturated carbocycles. The predicted molar refractivity (Wildman–Crippen MR) is 88.0 cm³/mol. The molecule has 0 bridgehead atoms. The fourth-order valence-corrected chi connectivity index (χ4v) is 3.59. The van der Waals surface area contributed by atoms with Crippen molar-refractivity contribution < 1.29 is 39.6 Å². The monoisotopic (exact) mass is 426 g/mol. The maximum Gasteiger partial charge on any atom is 0.418 e. The molecule has 0 atom stereocenters. The second-order valence-corrected chi connectivity index (χ2v) is 7.19. The van der Waals surface area contributed by atoms with E-state index in [0.717, 1.165) is 25.1 Å². The Labute approximate surface area is 155 Å². The number of rotatable bonds is 4. The van der Waals surface area contributed by atoms with Crippen molar-refractivity contribution in [2.45, 2.75) is 24.2 Å². The van der Waals surface area contributed by atoms with Crippen molar-refractivity contribution in [3.05, 3.63) is 53.6 Å². The Balaban J connectivity index is 2.55. The lowest BCUT2D eigenvalue weighted by atomic mass is 10.1. The van der Waals surface area contributed by atoms with Crippen molar-refractivity contribution in [1.82, 2.24) is 0 Å². The lowest BCUT2D eigenvalue weighted by Crippen LogP contribution is -2.21. The first-order valence-electron chi connectivity index (χ1n) is 7.39. The largest absolute Gasteiger partial charge is 0.418 e. The molecule has 0 aliphatic heterocycles. The molecule has 2 N–H and O–H groups in total. The van der Waals surface area contributed by atoms with Gasteiger partial charge in [0.2, 0.25) is 5.91 Å². The summed E-state index contributed by atoms with van der Waals surface area (Å²) in [7, 11) is -5.00. The Hall–Kier alpha value is -2.76. The van der Waals surface area contributed by atoms with E-state index in [-0.39, 0.29) is 5.69 Å². The zero-order valence-corrected chi connectivity index (χ0v) is 14.8. The van der Waals surface area contributed by atoms with Crippen LogP contribution < -0.4 is 10.0 Å². The molecule has 0 heterocycles. The van der Waals surface area contributed by atoms with Crippen LogP contribution in [-0.4, -0.2) is 14.3 Å². The van der Waals surface area contributed by atoms with E-state index < -0.39 is 50.0 Å². The summed E-state index contributed by atoms with van der Waals surface area (Å²) in [6, 6.07) is 5.23. The molecule has 5 nitrogen and oxygen atoms in total. The van der Waals surface area contributed by atoms with Gasteiger partial charge >= 0.3 is 12.4 Å². The minimum Gasteiger partial charge on any atom is -0.326 e. The van der Waals surface area contributed by atoms with Crippen molar-refractivity contribution in [3.63, 3.8) is 0 Å². The molecule has 28 heavy (non-hydrogen) atoms. The van der Waals surface area contributed by atoms with Crippen LogP contribution in [0.5, 0.6) is 0 Å². The number of halogens is 6. The molecule has 0 radical (unpaired) electrons. The van der Waals surface area contributed by atoms with E-state index in [4.69, 9.17) is 0 Å². The summed E-state index contributed by atoms with van der Waals surface area (Å²) in [5.41, 5.74) is -4.25. The molecule has 1 amide bonds. The number of anilines is 2. The van der Waals surface area contributed by atoms with Gasteiger partial charge in [0, 0.05) is 12.6 Å². The van der Waals surface area contributed by atoms with Gasteiger partial charge in [-0.3, -0.25) is 9.52 Å². The number of benzene rings is 2. The van der Waals surface area contributed by atoms with E-state index in [0.29, 0.717) is 24.3 Å². The molecule has 2 aromatic carbocycles. The molecule has 152 valence electrons. The molecule has 0 spiro atoms. The fraction of sp³-hybridized carbons (Fsp3) is 0.188. The highest BCUT2D eigenvalue weighted by atomic mass is 32.2. The van der Waals surface area contributed by atoms with E-state index in [1.54, 1.807) is 4.72 Å². The number of amides is 1. The summed E-state index contributed by atoms with van der Waals surface area (Å²) in [5, 5.41) is 2.10. The molecule has 0 unspecified atom stereocenters. The van der Waals surface area contributed by atoms with Gasteiger partial charge in [0.15, 0.2) is 0 Å². The molecule has 0 aliphatic rings. The van der Waals surface area contributed by atoms with E-state index in [9.17, 15) is 39.6 Å². The maximum absolute atomic E-state index is 13.3. The SMILES string of the molecule is CC(=O)Nc1ccc(NS(=O)(=O)c2ccccc2C(F)(F)F)c(C(F)(F)F)c1.